The van der Waals surface area contributed by atoms with E-state index in [4.69, 9.17) is 10.5 Å². The molecule has 0 fully saturated rings. The van der Waals surface area contributed by atoms with Crippen LogP contribution in [-0.2, 0) is 11.0 Å². The fourth-order valence-electron chi connectivity index (χ4n) is 2.00. The van der Waals surface area contributed by atoms with Gasteiger partial charge in [0.15, 0.2) is 0 Å². The standard InChI is InChI=1S/C18H10F3N3O/c19-18(20,21)15-3-1-2-4-16(15)24-17(25)14(11-23)9-12-5-7-13(10-22)8-6-12/h1-9H,(H,24,25)/b14-9+. The summed E-state index contributed by atoms with van der Waals surface area (Å²) in [6, 6.07) is 14.1. The Morgan fingerprint density at radius 2 is 1.68 bits per heavy atom. The van der Waals surface area contributed by atoms with Gasteiger partial charge in [-0.05, 0) is 35.9 Å². The van der Waals surface area contributed by atoms with Crippen LogP contribution in [0.3, 0.4) is 0 Å². The van der Waals surface area contributed by atoms with Crippen LogP contribution in [0, 0.1) is 22.7 Å². The van der Waals surface area contributed by atoms with Crippen LogP contribution in [0.25, 0.3) is 6.08 Å². The Balaban J connectivity index is 2.28. The lowest BCUT2D eigenvalue weighted by Gasteiger charge is -2.13. The van der Waals surface area contributed by atoms with Crippen LogP contribution >= 0.6 is 0 Å². The minimum atomic E-state index is -4.63. The van der Waals surface area contributed by atoms with Gasteiger partial charge in [-0.15, -0.1) is 0 Å². The summed E-state index contributed by atoms with van der Waals surface area (Å²) in [5.41, 5.74) is -0.921. The summed E-state index contributed by atoms with van der Waals surface area (Å²) in [7, 11) is 0. The largest absolute Gasteiger partial charge is 0.418 e. The Bertz CT molecular complexity index is 901. The number of hydrogen-bond donors (Lipinski definition) is 1. The van der Waals surface area contributed by atoms with E-state index < -0.39 is 23.3 Å². The second-order valence-electron chi connectivity index (χ2n) is 4.90. The van der Waals surface area contributed by atoms with Crippen LogP contribution in [0.5, 0.6) is 0 Å². The number of nitrogens with one attached hydrogen (secondary N) is 1. The van der Waals surface area contributed by atoms with Crippen LogP contribution in [0.15, 0.2) is 54.1 Å². The van der Waals surface area contributed by atoms with E-state index in [9.17, 15) is 18.0 Å². The Hall–Kier alpha value is -3.58. The Kier molecular flexibility index (Phi) is 5.21. The predicted octanol–water partition coefficient (Wildman–Crippen LogP) is 4.12. The highest BCUT2D eigenvalue weighted by Crippen LogP contribution is 2.34. The van der Waals surface area contributed by atoms with Crippen molar-refractivity contribution in [2.75, 3.05) is 5.32 Å². The summed E-state index contributed by atoms with van der Waals surface area (Å²) < 4.78 is 38.8. The molecule has 0 aromatic heterocycles. The number of halogens is 3. The van der Waals surface area contributed by atoms with E-state index in [1.807, 2.05) is 6.07 Å². The molecule has 0 aliphatic carbocycles. The van der Waals surface area contributed by atoms with Crippen molar-refractivity contribution in [1.82, 2.24) is 0 Å². The van der Waals surface area contributed by atoms with Crippen LogP contribution in [-0.4, -0.2) is 5.91 Å². The molecule has 25 heavy (non-hydrogen) atoms. The summed E-state index contributed by atoms with van der Waals surface area (Å²) in [6.07, 6.45) is -3.40. The van der Waals surface area contributed by atoms with Crippen molar-refractivity contribution in [3.63, 3.8) is 0 Å². The van der Waals surface area contributed by atoms with E-state index in [1.54, 1.807) is 6.07 Å². The molecule has 0 bridgehead atoms. The molecular formula is C18H10F3N3O. The van der Waals surface area contributed by atoms with E-state index in [1.165, 1.54) is 42.5 Å². The lowest BCUT2D eigenvalue weighted by Crippen LogP contribution is -2.17. The van der Waals surface area contributed by atoms with Crippen molar-refractivity contribution < 1.29 is 18.0 Å². The number of benzene rings is 2. The molecule has 0 heterocycles. The molecule has 0 aliphatic heterocycles. The van der Waals surface area contributed by atoms with Gasteiger partial charge in [-0.1, -0.05) is 24.3 Å². The smallest absolute Gasteiger partial charge is 0.321 e. The second-order valence-corrected chi connectivity index (χ2v) is 4.90. The normalized spacial score (nSPS) is 11.3. The van der Waals surface area contributed by atoms with E-state index in [0.29, 0.717) is 11.1 Å². The summed E-state index contributed by atoms with van der Waals surface area (Å²) in [5.74, 6) is -0.955. The number of carbonyl (C=O) groups excluding carboxylic acids is 1. The number of alkyl halides is 3. The minimum Gasteiger partial charge on any atom is -0.321 e. The topological polar surface area (TPSA) is 76.7 Å². The molecule has 1 N–H and O–H groups in total. The van der Waals surface area contributed by atoms with Gasteiger partial charge in [-0.25, -0.2) is 0 Å². The number of rotatable bonds is 3. The van der Waals surface area contributed by atoms with Crippen molar-refractivity contribution in [3.05, 3.63) is 70.8 Å². The number of amides is 1. The number of nitriles is 2. The third kappa shape index (κ3) is 4.46. The molecule has 0 unspecified atom stereocenters. The maximum atomic E-state index is 12.9. The lowest BCUT2D eigenvalue weighted by molar-refractivity contribution is -0.137. The first kappa shape index (κ1) is 17.8. The van der Waals surface area contributed by atoms with Gasteiger partial charge in [0, 0.05) is 0 Å². The molecule has 0 atom stereocenters. The number of para-hydroxylation sites is 1. The fourth-order valence-corrected chi connectivity index (χ4v) is 2.00. The maximum absolute atomic E-state index is 12.9. The first-order valence-corrected chi connectivity index (χ1v) is 6.94. The molecule has 124 valence electrons. The van der Waals surface area contributed by atoms with Gasteiger partial charge in [0.2, 0.25) is 0 Å². The molecule has 4 nitrogen and oxygen atoms in total. The van der Waals surface area contributed by atoms with Crippen LogP contribution in [0.4, 0.5) is 18.9 Å². The summed E-state index contributed by atoms with van der Waals surface area (Å²) in [4.78, 5) is 12.1. The molecule has 0 saturated carbocycles. The zero-order valence-corrected chi connectivity index (χ0v) is 12.6. The highest BCUT2D eigenvalue weighted by atomic mass is 19.4. The highest BCUT2D eigenvalue weighted by Gasteiger charge is 2.33. The van der Waals surface area contributed by atoms with Gasteiger partial charge < -0.3 is 5.32 Å². The molecule has 0 aliphatic rings. The van der Waals surface area contributed by atoms with Gasteiger partial charge in [0.25, 0.3) is 5.91 Å². The first-order chi connectivity index (χ1) is 11.8. The van der Waals surface area contributed by atoms with Crippen LogP contribution < -0.4 is 5.32 Å². The molecule has 2 aromatic rings. The molecule has 0 saturated heterocycles. The lowest BCUT2D eigenvalue weighted by atomic mass is 10.1. The van der Waals surface area contributed by atoms with Gasteiger partial charge in [0.1, 0.15) is 11.6 Å². The van der Waals surface area contributed by atoms with E-state index in [0.717, 1.165) is 12.1 Å². The van der Waals surface area contributed by atoms with E-state index >= 15 is 0 Å². The second kappa shape index (κ2) is 7.33. The predicted molar refractivity (Wildman–Crippen MR) is 84.8 cm³/mol. The fraction of sp³-hybridized carbons (Fsp3) is 0.0556. The van der Waals surface area contributed by atoms with Gasteiger partial charge >= 0.3 is 6.18 Å². The zero-order chi connectivity index (χ0) is 18.4. The summed E-state index contributed by atoms with van der Waals surface area (Å²) in [6.45, 7) is 0. The Labute approximate surface area is 141 Å². The van der Waals surface area contributed by atoms with Crippen molar-refractivity contribution in [3.8, 4) is 12.1 Å². The molecule has 1 amide bonds. The van der Waals surface area contributed by atoms with Crippen molar-refractivity contribution in [2.24, 2.45) is 0 Å². The average molecular weight is 341 g/mol. The Morgan fingerprint density at radius 3 is 2.24 bits per heavy atom. The first-order valence-electron chi connectivity index (χ1n) is 6.94. The Morgan fingerprint density at radius 1 is 1.04 bits per heavy atom. The third-order valence-corrected chi connectivity index (χ3v) is 3.20. The maximum Gasteiger partial charge on any atom is 0.418 e. The van der Waals surface area contributed by atoms with Gasteiger partial charge in [-0.2, -0.15) is 23.7 Å². The van der Waals surface area contributed by atoms with Crippen LogP contribution in [0.2, 0.25) is 0 Å². The van der Waals surface area contributed by atoms with E-state index in [-0.39, 0.29) is 5.57 Å². The molecule has 0 spiro atoms. The van der Waals surface area contributed by atoms with Gasteiger partial charge in [0.05, 0.1) is 22.9 Å². The summed E-state index contributed by atoms with van der Waals surface area (Å²) >= 11 is 0. The zero-order valence-electron chi connectivity index (χ0n) is 12.6. The number of anilines is 1. The number of nitrogens with zero attached hydrogens (tertiary/aromatic N) is 2. The number of hydrogen-bond acceptors (Lipinski definition) is 3. The average Bonchev–Trinajstić information content (AvgIpc) is 2.59. The van der Waals surface area contributed by atoms with Crippen molar-refractivity contribution >= 4 is 17.7 Å². The van der Waals surface area contributed by atoms with Crippen molar-refractivity contribution in [2.45, 2.75) is 6.18 Å². The number of carbonyl (C=O) groups is 1. The summed E-state index contributed by atoms with van der Waals surface area (Å²) in [5, 5.41) is 19.9. The quantitative estimate of drug-likeness (QED) is 0.674. The van der Waals surface area contributed by atoms with Crippen LogP contribution in [0.1, 0.15) is 16.7 Å². The molecule has 0 radical (unpaired) electrons. The third-order valence-electron chi connectivity index (χ3n) is 3.20. The molecule has 2 aromatic carbocycles. The SMILES string of the molecule is N#C/C(=C\c1ccc(C#N)cc1)C(=O)Nc1ccccc1C(F)(F)F. The highest BCUT2D eigenvalue weighted by molar-refractivity contribution is 6.10. The minimum absolute atomic E-state index is 0.360. The molecule has 7 heteroatoms. The van der Waals surface area contributed by atoms with Gasteiger partial charge in [-0.3, -0.25) is 4.79 Å². The molecular weight excluding hydrogens is 331 g/mol. The molecule has 2 rings (SSSR count). The monoisotopic (exact) mass is 341 g/mol. The van der Waals surface area contributed by atoms with Crippen molar-refractivity contribution in [1.29, 1.82) is 10.5 Å². The van der Waals surface area contributed by atoms with E-state index in [2.05, 4.69) is 5.32 Å².